The summed E-state index contributed by atoms with van der Waals surface area (Å²) in [5.74, 6) is 1.48. The maximum absolute atomic E-state index is 13.8. The number of amides is 2. The van der Waals surface area contributed by atoms with Crippen LogP contribution < -0.4 is 15.5 Å². The molecule has 2 aromatic rings. The zero-order chi connectivity index (χ0) is 24.0. The number of carbonyl (C=O) groups excluding carboxylic acids is 2. The maximum atomic E-state index is 13.8. The van der Waals surface area contributed by atoms with Crippen LogP contribution in [-0.2, 0) is 9.59 Å². The van der Waals surface area contributed by atoms with Crippen molar-refractivity contribution in [3.63, 3.8) is 0 Å². The highest BCUT2D eigenvalue weighted by molar-refractivity contribution is 6.30. The minimum atomic E-state index is -0.255. The maximum Gasteiger partial charge on any atom is 0.231 e. The number of nitrogens with zero attached hydrogens (tertiary/aromatic N) is 4. The lowest BCUT2D eigenvalue weighted by molar-refractivity contribution is -0.133. The molecule has 5 rings (SSSR count). The highest BCUT2D eigenvalue weighted by atomic mass is 35.5. The Hall–Kier alpha value is -2.71. The van der Waals surface area contributed by atoms with Gasteiger partial charge in [0.15, 0.2) is 0 Å². The van der Waals surface area contributed by atoms with Gasteiger partial charge in [0.25, 0.3) is 0 Å². The average Bonchev–Trinajstić information content (AvgIpc) is 3.60. The van der Waals surface area contributed by atoms with Crippen LogP contribution in [-0.4, -0.2) is 64.4 Å². The molecule has 2 aliphatic heterocycles. The molecular weight excluding hydrogens is 452 g/mol. The van der Waals surface area contributed by atoms with Crippen LogP contribution >= 0.6 is 11.6 Å². The minimum Gasteiger partial charge on any atom is -0.349 e. The van der Waals surface area contributed by atoms with E-state index in [1.54, 1.807) is 0 Å². The molecule has 180 valence electrons. The Morgan fingerprint density at radius 1 is 1.21 bits per heavy atom. The van der Waals surface area contributed by atoms with Crippen molar-refractivity contribution in [3.8, 4) is 0 Å². The van der Waals surface area contributed by atoms with Gasteiger partial charge in [-0.25, -0.2) is 9.97 Å². The summed E-state index contributed by atoms with van der Waals surface area (Å²) >= 11 is 6.09. The fourth-order valence-electron chi connectivity index (χ4n) is 5.25. The molecule has 0 radical (unpaired) electrons. The molecule has 3 heterocycles. The molecule has 1 saturated carbocycles. The van der Waals surface area contributed by atoms with E-state index in [0.717, 1.165) is 23.4 Å². The van der Waals surface area contributed by atoms with E-state index in [2.05, 4.69) is 44.2 Å². The molecule has 8 nitrogen and oxygen atoms in total. The van der Waals surface area contributed by atoms with E-state index in [0.29, 0.717) is 42.9 Å². The second-order valence-electron chi connectivity index (χ2n) is 9.88. The Bertz CT molecular complexity index is 1090. The molecular formula is C25H31ClN6O2. The van der Waals surface area contributed by atoms with Gasteiger partial charge in [-0.05, 0) is 30.0 Å². The first-order chi connectivity index (χ1) is 16.3. The predicted molar refractivity (Wildman–Crippen MR) is 132 cm³/mol. The molecule has 3 aliphatic rings. The number of piperazine rings is 1. The monoisotopic (exact) mass is 482 g/mol. The van der Waals surface area contributed by atoms with E-state index in [4.69, 9.17) is 11.6 Å². The summed E-state index contributed by atoms with van der Waals surface area (Å²) in [4.78, 5) is 39.0. The van der Waals surface area contributed by atoms with Crippen molar-refractivity contribution in [2.24, 2.45) is 0 Å². The van der Waals surface area contributed by atoms with E-state index in [1.807, 2.05) is 31.2 Å². The quantitative estimate of drug-likeness (QED) is 0.657. The van der Waals surface area contributed by atoms with Crippen LogP contribution in [0.3, 0.4) is 0 Å². The van der Waals surface area contributed by atoms with Crippen LogP contribution in [0.4, 0.5) is 11.6 Å². The Morgan fingerprint density at radius 3 is 2.71 bits per heavy atom. The number of halogens is 1. The molecule has 2 N–H and O–H groups in total. The van der Waals surface area contributed by atoms with Crippen LogP contribution in [0.2, 0.25) is 5.02 Å². The van der Waals surface area contributed by atoms with Crippen molar-refractivity contribution in [1.29, 1.82) is 0 Å². The first kappa shape index (κ1) is 23.1. The third-order valence-electron chi connectivity index (χ3n) is 7.07. The van der Waals surface area contributed by atoms with Crippen molar-refractivity contribution in [2.75, 3.05) is 29.9 Å². The van der Waals surface area contributed by atoms with Gasteiger partial charge in [-0.1, -0.05) is 44.5 Å². The molecule has 34 heavy (non-hydrogen) atoms. The fraction of sp³-hybridized carbons (Fsp3) is 0.520. The molecule has 1 aliphatic carbocycles. The first-order valence-corrected chi connectivity index (χ1v) is 12.4. The standard InChI is InChI=1S/C25H31ClN6O2/c1-14(2)27-12-18(16-4-6-17(26)7-5-16)25(34)32-9-8-31(19-11-20(19)32)24-22-15(3)10-21(33)30-23(22)28-13-29-24/h4-7,13-15,18-20,27H,8-12H2,1-3H3,(H,28,29,30,33)/t15-,18?,19+,20-/m1/s1. The summed E-state index contributed by atoms with van der Waals surface area (Å²) in [6.07, 6.45) is 2.89. The van der Waals surface area contributed by atoms with Crippen molar-refractivity contribution in [1.82, 2.24) is 20.2 Å². The number of benzene rings is 1. The molecule has 1 saturated heterocycles. The number of aromatic nitrogens is 2. The SMILES string of the molecule is CC(C)NCC(C(=O)N1CCN(c2ncnc3c2[C@H](C)CC(=O)N3)[C@H]2C[C@H]21)c1ccc(Cl)cc1. The van der Waals surface area contributed by atoms with Crippen LogP contribution in [0.1, 0.15) is 56.6 Å². The average molecular weight is 483 g/mol. The van der Waals surface area contributed by atoms with Gasteiger partial charge in [-0.15, -0.1) is 0 Å². The number of rotatable bonds is 6. The molecule has 0 bridgehead atoms. The van der Waals surface area contributed by atoms with Crippen LogP contribution in [0.25, 0.3) is 0 Å². The van der Waals surface area contributed by atoms with E-state index in [-0.39, 0.29) is 35.7 Å². The predicted octanol–water partition coefficient (Wildman–Crippen LogP) is 3.15. The topological polar surface area (TPSA) is 90.5 Å². The number of hydrogen-bond donors (Lipinski definition) is 2. The molecule has 2 fully saturated rings. The number of hydrogen-bond acceptors (Lipinski definition) is 6. The van der Waals surface area contributed by atoms with Gasteiger partial charge in [-0.3, -0.25) is 9.59 Å². The summed E-state index contributed by atoms with van der Waals surface area (Å²) < 4.78 is 0. The van der Waals surface area contributed by atoms with Crippen molar-refractivity contribution < 1.29 is 9.59 Å². The Labute approximate surface area is 205 Å². The van der Waals surface area contributed by atoms with Crippen LogP contribution in [0, 0.1) is 0 Å². The normalized spacial score (nSPS) is 24.4. The molecule has 0 spiro atoms. The third kappa shape index (κ3) is 4.36. The summed E-state index contributed by atoms with van der Waals surface area (Å²) in [6.45, 7) is 8.17. The van der Waals surface area contributed by atoms with Gasteiger partial charge in [0.2, 0.25) is 11.8 Å². The van der Waals surface area contributed by atoms with Gasteiger partial charge >= 0.3 is 0 Å². The highest BCUT2D eigenvalue weighted by Crippen LogP contribution is 2.44. The minimum absolute atomic E-state index is 0.00684. The Morgan fingerprint density at radius 2 is 1.97 bits per heavy atom. The molecule has 1 aromatic carbocycles. The number of nitrogens with one attached hydrogen (secondary N) is 2. The van der Waals surface area contributed by atoms with Gasteiger partial charge < -0.3 is 20.4 Å². The van der Waals surface area contributed by atoms with Gasteiger partial charge in [0, 0.05) is 42.7 Å². The summed E-state index contributed by atoms with van der Waals surface area (Å²) in [6, 6.07) is 8.32. The Kier molecular flexibility index (Phi) is 6.20. The zero-order valence-electron chi connectivity index (χ0n) is 19.8. The molecule has 2 amide bonds. The fourth-order valence-corrected chi connectivity index (χ4v) is 5.38. The lowest BCUT2D eigenvalue weighted by Gasteiger charge is -2.38. The van der Waals surface area contributed by atoms with E-state index < -0.39 is 0 Å². The van der Waals surface area contributed by atoms with Gasteiger partial charge in [-0.2, -0.15) is 0 Å². The molecule has 1 aromatic heterocycles. The van der Waals surface area contributed by atoms with Crippen LogP contribution in [0.15, 0.2) is 30.6 Å². The van der Waals surface area contributed by atoms with Crippen molar-refractivity contribution in [2.45, 2.75) is 63.6 Å². The Balaban J connectivity index is 1.35. The first-order valence-electron chi connectivity index (χ1n) is 12.0. The van der Waals surface area contributed by atoms with E-state index in [9.17, 15) is 9.59 Å². The van der Waals surface area contributed by atoms with Gasteiger partial charge in [0.1, 0.15) is 18.0 Å². The number of fused-ring (bicyclic) bond motifs is 2. The molecule has 4 atom stereocenters. The van der Waals surface area contributed by atoms with Crippen LogP contribution in [0.5, 0.6) is 0 Å². The van der Waals surface area contributed by atoms with Crippen molar-refractivity contribution in [3.05, 3.63) is 46.7 Å². The smallest absolute Gasteiger partial charge is 0.231 e. The largest absolute Gasteiger partial charge is 0.349 e. The second kappa shape index (κ2) is 9.15. The number of carbonyl (C=O) groups is 2. The summed E-state index contributed by atoms with van der Waals surface area (Å²) in [5, 5.41) is 7.00. The van der Waals surface area contributed by atoms with E-state index >= 15 is 0 Å². The van der Waals surface area contributed by atoms with E-state index in [1.165, 1.54) is 6.33 Å². The zero-order valence-corrected chi connectivity index (χ0v) is 20.5. The van der Waals surface area contributed by atoms with Crippen molar-refractivity contribution >= 4 is 35.1 Å². The number of anilines is 2. The second-order valence-corrected chi connectivity index (χ2v) is 10.3. The lowest BCUT2D eigenvalue weighted by atomic mass is 9.94. The van der Waals surface area contributed by atoms with Gasteiger partial charge in [0.05, 0.1) is 18.0 Å². The summed E-state index contributed by atoms with van der Waals surface area (Å²) in [7, 11) is 0. The third-order valence-corrected chi connectivity index (χ3v) is 7.32. The lowest BCUT2D eigenvalue weighted by Crippen LogP contribution is -2.51. The highest BCUT2D eigenvalue weighted by Gasteiger charge is 2.52. The molecule has 1 unspecified atom stereocenters. The molecule has 9 heteroatoms. The summed E-state index contributed by atoms with van der Waals surface area (Å²) in [5.41, 5.74) is 1.99.